The monoisotopic (exact) mass is 293 g/mol. The molecule has 0 bridgehead atoms. The van der Waals surface area contributed by atoms with Crippen LogP contribution in [0.3, 0.4) is 0 Å². The van der Waals surface area contributed by atoms with E-state index in [2.05, 4.69) is 10.3 Å². The van der Waals surface area contributed by atoms with Crippen molar-refractivity contribution in [3.63, 3.8) is 0 Å². The molecule has 1 aliphatic carbocycles. The number of amides is 2. The van der Waals surface area contributed by atoms with Gasteiger partial charge in [-0.25, -0.2) is 4.98 Å². The number of nitrogens with one attached hydrogen (secondary N) is 1. The van der Waals surface area contributed by atoms with Gasteiger partial charge in [-0.15, -0.1) is 11.3 Å². The molecule has 2 aliphatic rings. The lowest BCUT2D eigenvalue weighted by atomic mass is 9.96. The first-order valence-corrected chi connectivity index (χ1v) is 8.00. The number of aromatic nitrogens is 1. The van der Waals surface area contributed by atoms with Gasteiger partial charge in [0, 0.05) is 30.8 Å². The van der Waals surface area contributed by atoms with Crippen LogP contribution in [0.4, 0.5) is 5.13 Å². The molecule has 20 heavy (non-hydrogen) atoms. The molecule has 108 valence electrons. The summed E-state index contributed by atoms with van der Waals surface area (Å²) in [5.74, 6) is 0.158. The van der Waals surface area contributed by atoms with Crippen LogP contribution in [-0.4, -0.2) is 34.8 Å². The fourth-order valence-electron chi connectivity index (χ4n) is 2.91. The summed E-state index contributed by atoms with van der Waals surface area (Å²) in [5, 5.41) is 3.69. The lowest BCUT2D eigenvalue weighted by molar-refractivity contribution is -0.132. The molecular formula is C14H19N3O2S. The van der Waals surface area contributed by atoms with Crippen molar-refractivity contribution in [2.24, 2.45) is 5.92 Å². The van der Waals surface area contributed by atoms with E-state index in [9.17, 15) is 9.59 Å². The van der Waals surface area contributed by atoms with Gasteiger partial charge >= 0.3 is 0 Å². The van der Waals surface area contributed by atoms with Crippen molar-refractivity contribution in [1.29, 1.82) is 0 Å². The minimum atomic E-state index is 0.00402. The zero-order valence-electron chi connectivity index (χ0n) is 11.6. The van der Waals surface area contributed by atoms with Gasteiger partial charge in [-0.05, 0) is 32.1 Å². The number of hydrogen-bond donors (Lipinski definition) is 1. The highest BCUT2D eigenvalue weighted by Gasteiger charge is 2.27. The molecule has 0 aromatic carbocycles. The molecule has 0 spiro atoms. The summed E-state index contributed by atoms with van der Waals surface area (Å²) >= 11 is 1.61. The van der Waals surface area contributed by atoms with Gasteiger partial charge in [0.25, 0.3) is 0 Å². The molecular weight excluding hydrogens is 274 g/mol. The highest BCUT2D eigenvalue weighted by atomic mass is 32.1. The number of aryl methyl sites for hydroxylation is 2. The summed E-state index contributed by atoms with van der Waals surface area (Å²) in [6.07, 6.45) is 4.82. The van der Waals surface area contributed by atoms with Crippen LogP contribution in [0.5, 0.6) is 0 Å². The molecule has 1 fully saturated rings. The Morgan fingerprint density at radius 3 is 2.70 bits per heavy atom. The summed E-state index contributed by atoms with van der Waals surface area (Å²) in [7, 11) is 0. The first-order valence-electron chi connectivity index (χ1n) is 7.18. The van der Waals surface area contributed by atoms with E-state index in [1.807, 2.05) is 4.90 Å². The number of fused-ring (bicyclic) bond motifs is 1. The number of carbonyl (C=O) groups excluding carboxylic acids is 2. The first-order chi connectivity index (χ1) is 9.63. The van der Waals surface area contributed by atoms with E-state index in [-0.39, 0.29) is 17.7 Å². The maximum Gasteiger partial charge on any atom is 0.229 e. The molecule has 2 amide bonds. The van der Waals surface area contributed by atoms with Gasteiger partial charge < -0.3 is 10.2 Å². The van der Waals surface area contributed by atoms with Crippen LogP contribution in [0, 0.1) is 5.92 Å². The number of hydrogen-bond acceptors (Lipinski definition) is 4. The molecule has 1 saturated heterocycles. The van der Waals surface area contributed by atoms with Crippen LogP contribution in [0.1, 0.15) is 36.8 Å². The Bertz CT molecular complexity index is 511. The summed E-state index contributed by atoms with van der Waals surface area (Å²) in [5.41, 5.74) is 1.16. The average molecular weight is 293 g/mol. The lowest BCUT2D eigenvalue weighted by Gasteiger charge is -2.30. The van der Waals surface area contributed by atoms with Crippen molar-refractivity contribution in [1.82, 2.24) is 9.88 Å². The quantitative estimate of drug-likeness (QED) is 0.905. The third-order valence-corrected chi connectivity index (χ3v) is 5.21. The Hall–Kier alpha value is -1.43. The molecule has 6 heteroatoms. The molecule has 0 unspecified atom stereocenters. The van der Waals surface area contributed by atoms with E-state index >= 15 is 0 Å². The Kier molecular flexibility index (Phi) is 3.74. The maximum atomic E-state index is 12.2. The maximum absolute atomic E-state index is 12.2. The summed E-state index contributed by atoms with van der Waals surface area (Å²) < 4.78 is 0. The second kappa shape index (κ2) is 5.52. The zero-order valence-corrected chi connectivity index (χ0v) is 12.5. The van der Waals surface area contributed by atoms with Crippen LogP contribution < -0.4 is 5.32 Å². The Morgan fingerprint density at radius 1 is 1.30 bits per heavy atom. The van der Waals surface area contributed by atoms with Crippen LogP contribution >= 0.6 is 11.3 Å². The van der Waals surface area contributed by atoms with Crippen molar-refractivity contribution >= 4 is 28.3 Å². The van der Waals surface area contributed by atoms with Crippen LogP contribution in [0.2, 0.25) is 0 Å². The molecule has 2 heterocycles. The fraction of sp³-hybridized carbons (Fsp3) is 0.643. The van der Waals surface area contributed by atoms with Gasteiger partial charge in [0.05, 0.1) is 5.69 Å². The van der Waals surface area contributed by atoms with E-state index in [1.54, 1.807) is 18.3 Å². The van der Waals surface area contributed by atoms with E-state index in [1.165, 1.54) is 11.3 Å². The van der Waals surface area contributed by atoms with Crippen molar-refractivity contribution in [3.05, 3.63) is 10.6 Å². The molecule has 0 atom stereocenters. The normalized spacial score (nSPS) is 18.9. The third kappa shape index (κ3) is 2.70. The number of rotatable bonds is 2. The van der Waals surface area contributed by atoms with Gasteiger partial charge in [-0.3, -0.25) is 9.59 Å². The van der Waals surface area contributed by atoms with E-state index < -0.39 is 0 Å². The minimum Gasteiger partial charge on any atom is -0.343 e. The SMILES string of the molecule is CC(=O)N1CCC(C(=O)Nc2nc3c(s2)CCC3)CC1. The predicted octanol–water partition coefficient (Wildman–Crippen LogP) is 1.83. The molecule has 0 saturated carbocycles. The molecule has 1 aromatic rings. The largest absolute Gasteiger partial charge is 0.343 e. The van der Waals surface area contributed by atoms with Crippen molar-refractivity contribution in [3.8, 4) is 0 Å². The van der Waals surface area contributed by atoms with Crippen LogP contribution in [0.15, 0.2) is 0 Å². The molecule has 0 radical (unpaired) electrons. The predicted molar refractivity (Wildman–Crippen MR) is 77.7 cm³/mol. The highest BCUT2D eigenvalue weighted by Crippen LogP contribution is 2.31. The Labute approximate surface area is 122 Å². The summed E-state index contributed by atoms with van der Waals surface area (Å²) in [6.45, 7) is 2.95. The topological polar surface area (TPSA) is 62.3 Å². The van der Waals surface area contributed by atoms with Crippen LogP contribution in [-0.2, 0) is 22.4 Å². The molecule has 1 aliphatic heterocycles. The Morgan fingerprint density at radius 2 is 2.05 bits per heavy atom. The van der Waals surface area contributed by atoms with Gasteiger partial charge in [-0.1, -0.05) is 0 Å². The smallest absolute Gasteiger partial charge is 0.229 e. The summed E-state index contributed by atoms with van der Waals surface area (Å²) in [6, 6.07) is 0. The number of piperidine rings is 1. The highest BCUT2D eigenvalue weighted by molar-refractivity contribution is 7.15. The molecule has 3 rings (SSSR count). The minimum absolute atomic E-state index is 0.00402. The van der Waals surface area contributed by atoms with E-state index in [0.29, 0.717) is 13.1 Å². The van der Waals surface area contributed by atoms with Gasteiger partial charge in [0.1, 0.15) is 0 Å². The van der Waals surface area contributed by atoms with Crippen molar-refractivity contribution in [2.75, 3.05) is 18.4 Å². The van der Waals surface area contributed by atoms with E-state index in [4.69, 9.17) is 0 Å². The second-order valence-electron chi connectivity index (χ2n) is 5.51. The lowest BCUT2D eigenvalue weighted by Crippen LogP contribution is -2.40. The Balaban J connectivity index is 1.55. The average Bonchev–Trinajstić information content (AvgIpc) is 2.99. The summed E-state index contributed by atoms with van der Waals surface area (Å²) in [4.78, 5) is 31.1. The van der Waals surface area contributed by atoms with Crippen molar-refractivity contribution in [2.45, 2.75) is 39.0 Å². The number of carbonyl (C=O) groups is 2. The first kappa shape index (κ1) is 13.5. The van der Waals surface area contributed by atoms with Crippen LogP contribution in [0.25, 0.3) is 0 Å². The fourth-order valence-corrected chi connectivity index (χ4v) is 3.96. The molecule has 5 nitrogen and oxygen atoms in total. The number of likely N-dealkylation sites (tertiary alicyclic amines) is 1. The molecule has 1 N–H and O–H groups in total. The number of thiazole rings is 1. The number of nitrogens with zero attached hydrogens (tertiary/aromatic N) is 2. The standard InChI is InChI=1S/C14H19N3O2S/c1-9(18)17-7-5-10(6-8-17)13(19)16-14-15-11-3-2-4-12(11)20-14/h10H,2-8H2,1H3,(H,15,16,19). The molecule has 1 aromatic heterocycles. The van der Waals surface area contributed by atoms with Gasteiger partial charge in [0.2, 0.25) is 11.8 Å². The third-order valence-electron chi connectivity index (χ3n) is 4.14. The van der Waals surface area contributed by atoms with Gasteiger partial charge in [0.15, 0.2) is 5.13 Å². The van der Waals surface area contributed by atoms with Gasteiger partial charge in [-0.2, -0.15) is 0 Å². The zero-order chi connectivity index (χ0) is 14.1. The van der Waals surface area contributed by atoms with E-state index in [0.717, 1.165) is 36.5 Å². The number of anilines is 1. The second-order valence-corrected chi connectivity index (χ2v) is 6.60. The van der Waals surface area contributed by atoms with Crippen molar-refractivity contribution < 1.29 is 9.59 Å².